The van der Waals surface area contributed by atoms with E-state index in [1.165, 1.54) is 14.6 Å². The van der Waals surface area contributed by atoms with E-state index in [9.17, 15) is 0 Å². The summed E-state index contributed by atoms with van der Waals surface area (Å²) < 4.78 is 0. The van der Waals surface area contributed by atoms with Gasteiger partial charge in [-0.2, -0.15) is 0 Å². The van der Waals surface area contributed by atoms with Crippen molar-refractivity contribution in [2.45, 2.75) is 13.5 Å². The third-order valence-electron chi connectivity index (χ3n) is 2.08. The van der Waals surface area contributed by atoms with Crippen LogP contribution in [0.15, 0.2) is 18.3 Å². The molecule has 86 valence electrons. The van der Waals surface area contributed by atoms with Gasteiger partial charge in [-0.05, 0) is 19.1 Å². The molecule has 0 atom stereocenters. The molecule has 3 nitrogen and oxygen atoms in total. The second kappa shape index (κ2) is 5.05. The Bertz CT molecular complexity index is 459. The lowest BCUT2D eigenvalue weighted by atomic mass is 10.4. The van der Waals surface area contributed by atoms with E-state index in [0.29, 0.717) is 0 Å². The lowest BCUT2D eigenvalue weighted by Gasteiger charge is -2.09. The van der Waals surface area contributed by atoms with E-state index in [1.54, 1.807) is 11.3 Å². The predicted molar refractivity (Wildman–Crippen MR) is 70.7 cm³/mol. The van der Waals surface area contributed by atoms with Gasteiger partial charge in [0.2, 0.25) is 0 Å². The van der Waals surface area contributed by atoms with Crippen LogP contribution in [-0.2, 0) is 6.54 Å². The fraction of sp³-hybridized carbons (Fsp3) is 0.364. The molecule has 16 heavy (non-hydrogen) atoms. The van der Waals surface area contributed by atoms with Crippen molar-refractivity contribution in [1.29, 1.82) is 0 Å². The lowest BCUT2D eigenvalue weighted by molar-refractivity contribution is 0.286. The molecule has 1 N–H and O–H groups in total. The van der Waals surface area contributed by atoms with E-state index in [1.807, 2.05) is 36.6 Å². The Labute approximate surface area is 104 Å². The van der Waals surface area contributed by atoms with Crippen LogP contribution in [0.1, 0.15) is 9.88 Å². The van der Waals surface area contributed by atoms with Crippen LogP contribution in [0.5, 0.6) is 0 Å². The van der Waals surface area contributed by atoms with Gasteiger partial charge in [0.15, 0.2) is 0 Å². The van der Waals surface area contributed by atoms with Gasteiger partial charge >= 0.3 is 0 Å². The van der Waals surface area contributed by atoms with Gasteiger partial charge < -0.3 is 0 Å². The Morgan fingerprint density at radius 3 is 2.69 bits per heavy atom. The Kier molecular flexibility index (Phi) is 3.70. The largest absolute Gasteiger partial charge is 0.250 e. The Balaban J connectivity index is 2.07. The topological polar surface area (TPSA) is 28.2 Å². The van der Waals surface area contributed by atoms with E-state index in [-0.39, 0.29) is 0 Å². The molecule has 0 saturated carbocycles. The number of hydrazine groups is 1. The van der Waals surface area contributed by atoms with Gasteiger partial charge in [0.25, 0.3) is 0 Å². The monoisotopic (exact) mass is 253 g/mol. The summed E-state index contributed by atoms with van der Waals surface area (Å²) in [6.45, 7) is 2.92. The van der Waals surface area contributed by atoms with Crippen molar-refractivity contribution in [2.24, 2.45) is 0 Å². The van der Waals surface area contributed by atoms with Crippen LogP contribution in [0.4, 0.5) is 0 Å². The fourth-order valence-electron chi connectivity index (χ4n) is 1.30. The zero-order chi connectivity index (χ0) is 11.5. The van der Waals surface area contributed by atoms with Crippen molar-refractivity contribution in [3.8, 4) is 9.75 Å². The molecule has 0 radical (unpaired) electrons. The molecule has 0 aliphatic rings. The molecule has 0 amide bonds. The molecule has 2 rings (SSSR count). The first-order valence-electron chi connectivity index (χ1n) is 5.07. The van der Waals surface area contributed by atoms with E-state index in [0.717, 1.165) is 11.6 Å². The summed E-state index contributed by atoms with van der Waals surface area (Å²) in [7, 11) is 3.97. The van der Waals surface area contributed by atoms with Gasteiger partial charge in [0.1, 0.15) is 5.01 Å². The highest BCUT2D eigenvalue weighted by atomic mass is 32.1. The van der Waals surface area contributed by atoms with Crippen molar-refractivity contribution in [3.05, 3.63) is 28.2 Å². The van der Waals surface area contributed by atoms with Crippen molar-refractivity contribution >= 4 is 22.7 Å². The number of aryl methyl sites for hydroxylation is 1. The molecule has 0 saturated heterocycles. The Morgan fingerprint density at radius 2 is 2.06 bits per heavy atom. The molecule has 2 aromatic rings. The fourth-order valence-corrected chi connectivity index (χ4v) is 3.09. The predicted octanol–water partition coefficient (Wildman–Crippen LogP) is 2.75. The highest BCUT2D eigenvalue weighted by Gasteiger charge is 2.06. The van der Waals surface area contributed by atoms with Crippen LogP contribution in [0.25, 0.3) is 9.75 Å². The molecule has 0 bridgehead atoms. The average molecular weight is 253 g/mol. The molecule has 5 heteroatoms. The molecule has 0 aliphatic carbocycles. The number of nitrogens with zero attached hydrogens (tertiary/aromatic N) is 2. The lowest BCUT2D eigenvalue weighted by Crippen LogP contribution is -2.29. The van der Waals surface area contributed by atoms with Crippen molar-refractivity contribution in [2.75, 3.05) is 14.1 Å². The molecule has 0 aliphatic heterocycles. The molecular weight excluding hydrogens is 238 g/mol. The number of hydrogen-bond donors (Lipinski definition) is 1. The number of thiazole rings is 1. The van der Waals surface area contributed by atoms with Gasteiger partial charge in [0, 0.05) is 30.0 Å². The zero-order valence-corrected chi connectivity index (χ0v) is 11.3. The molecule has 0 aromatic carbocycles. The van der Waals surface area contributed by atoms with Crippen LogP contribution in [0.2, 0.25) is 0 Å². The van der Waals surface area contributed by atoms with Gasteiger partial charge in [-0.15, -0.1) is 22.7 Å². The van der Waals surface area contributed by atoms with Crippen LogP contribution in [0.3, 0.4) is 0 Å². The molecule has 0 spiro atoms. The van der Waals surface area contributed by atoms with Gasteiger partial charge in [-0.1, -0.05) is 0 Å². The maximum atomic E-state index is 4.41. The Morgan fingerprint density at radius 1 is 1.25 bits per heavy atom. The van der Waals surface area contributed by atoms with Gasteiger partial charge in [-0.3, -0.25) is 5.01 Å². The first kappa shape index (κ1) is 11.7. The second-order valence-corrected chi connectivity index (χ2v) is 6.16. The van der Waals surface area contributed by atoms with Gasteiger partial charge in [0.05, 0.1) is 11.4 Å². The number of thiophene rings is 1. The van der Waals surface area contributed by atoms with Crippen molar-refractivity contribution in [1.82, 2.24) is 15.4 Å². The second-order valence-electron chi connectivity index (χ2n) is 3.76. The standard InChI is InChI=1S/C11H15N3S2/c1-8-4-5-9(15-8)10-6-12-11(16-10)7-13-14(2)3/h4-6,13H,7H2,1-3H3. The van der Waals surface area contributed by atoms with Crippen LogP contribution in [-0.4, -0.2) is 24.1 Å². The number of nitrogens with one attached hydrogen (secondary N) is 1. The van der Waals surface area contributed by atoms with E-state index in [2.05, 4.69) is 29.5 Å². The normalized spacial score (nSPS) is 11.2. The summed E-state index contributed by atoms with van der Waals surface area (Å²) in [4.78, 5) is 8.32. The quantitative estimate of drug-likeness (QED) is 0.849. The molecular formula is C11H15N3S2. The molecule has 2 aromatic heterocycles. The minimum Gasteiger partial charge on any atom is -0.250 e. The van der Waals surface area contributed by atoms with E-state index < -0.39 is 0 Å². The maximum Gasteiger partial charge on any atom is 0.108 e. The molecule has 0 unspecified atom stereocenters. The van der Waals surface area contributed by atoms with E-state index >= 15 is 0 Å². The minimum atomic E-state index is 0.794. The highest BCUT2D eigenvalue weighted by molar-refractivity contribution is 7.21. The van der Waals surface area contributed by atoms with E-state index in [4.69, 9.17) is 0 Å². The minimum absolute atomic E-state index is 0.794. The summed E-state index contributed by atoms with van der Waals surface area (Å²) in [5, 5.41) is 3.06. The maximum absolute atomic E-state index is 4.41. The first-order chi connectivity index (χ1) is 7.65. The average Bonchev–Trinajstić information content (AvgIpc) is 2.83. The highest BCUT2D eigenvalue weighted by Crippen LogP contribution is 2.31. The SMILES string of the molecule is Cc1ccc(-c2cnc(CNN(C)C)s2)s1. The molecule has 0 fully saturated rings. The van der Waals surface area contributed by atoms with Crippen LogP contribution in [0, 0.1) is 6.92 Å². The number of hydrogen-bond acceptors (Lipinski definition) is 5. The zero-order valence-electron chi connectivity index (χ0n) is 9.65. The Hall–Kier alpha value is -0.750. The first-order valence-corrected chi connectivity index (χ1v) is 6.71. The van der Waals surface area contributed by atoms with Crippen LogP contribution < -0.4 is 5.43 Å². The molecule has 2 heterocycles. The van der Waals surface area contributed by atoms with Crippen LogP contribution >= 0.6 is 22.7 Å². The van der Waals surface area contributed by atoms with Crippen molar-refractivity contribution in [3.63, 3.8) is 0 Å². The van der Waals surface area contributed by atoms with Crippen molar-refractivity contribution < 1.29 is 0 Å². The summed E-state index contributed by atoms with van der Waals surface area (Å²) in [5.41, 5.74) is 3.22. The number of rotatable bonds is 4. The smallest absolute Gasteiger partial charge is 0.108 e. The summed E-state index contributed by atoms with van der Waals surface area (Å²) >= 11 is 3.57. The van der Waals surface area contributed by atoms with Gasteiger partial charge in [-0.25, -0.2) is 10.4 Å². The third kappa shape index (κ3) is 2.89. The summed E-state index contributed by atoms with van der Waals surface area (Å²) in [5.74, 6) is 0. The third-order valence-corrected chi connectivity index (χ3v) is 4.28. The summed E-state index contributed by atoms with van der Waals surface area (Å²) in [6, 6.07) is 4.31. The number of aromatic nitrogens is 1. The summed E-state index contributed by atoms with van der Waals surface area (Å²) in [6.07, 6.45) is 1.96.